The Morgan fingerprint density at radius 3 is 2.20 bits per heavy atom. The first-order chi connectivity index (χ1) is 7.07. The number of alkyl halides is 2. The molecule has 2 fully saturated rings. The van der Waals surface area contributed by atoms with Crippen LogP contribution in [-0.4, -0.2) is 17.1 Å². The smallest absolute Gasteiger partial charge is 0.248 e. The Balaban J connectivity index is 1.74. The van der Waals surface area contributed by atoms with Gasteiger partial charge in [0.25, 0.3) is 0 Å². The van der Waals surface area contributed by atoms with Crippen molar-refractivity contribution in [3.63, 3.8) is 0 Å². The van der Waals surface area contributed by atoms with E-state index in [0.29, 0.717) is 18.8 Å². The summed E-state index contributed by atoms with van der Waals surface area (Å²) in [5.41, 5.74) is 0. The first-order valence-electron chi connectivity index (χ1n) is 6.13. The Bertz CT molecular complexity index is 204. The second-order valence-electron chi connectivity index (χ2n) is 5.29. The van der Waals surface area contributed by atoms with Crippen LogP contribution >= 0.6 is 0 Å². The molecule has 0 aromatic rings. The summed E-state index contributed by atoms with van der Waals surface area (Å²) in [5.74, 6) is -1.67. The van der Waals surface area contributed by atoms with Crippen molar-refractivity contribution in [2.75, 3.05) is 0 Å². The SMILES string of the molecule is OC(CC1CCC1)C1CCC(F)(F)CC1. The lowest BCUT2D eigenvalue weighted by Crippen LogP contribution is -2.33. The third-order valence-corrected chi connectivity index (χ3v) is 4.11. The highest BCUT2D eigenvalue weighted by Gasteiger charge is 2.37. The van der Waals surface area contributed by atoms with Crippen molar-refractivity contribution in [2.24, 2.45) is 11.8 Å². The van der Waals surface area contributed by atoms with E-state index in [0.717, 1.165) is 6.42 Å². The second kappa shape index (κ2) is 4.36. The van der Waals surface area contributed by atoms with E-state index in [1.165, 1.54) is 19.3 Å². The number of rotatable bonds is 3. The maximum Gasteiger partial charge on any atom is 0.248 e. The molecule has 0 spiro atoms. The number of aliphatic hydroxyl groups is 1. The molecule has 2 rings (SSSR count). The summed E-state index contributed by atoms with van der Waals surface area (Å²) < 4.78 is 25.8. The topological polar surface area (TPSA) is 20.2 Å². The predicted molar refractivity (Wildman–Crippen MR) is 54.9 cm³/mol. The second-order valence-corrected chi connectivity index (χ2v) is 5.29. The summed E-state index contributed by atoms with van der Waals surface area (Å²) in [6.45, 7) is 0. The van der Waals surface area contributed by atoms with Gasteiger partial charge in [-0.1, -0.05) is 19.3 Å². The molecule has 1 N–H and O–H groups in total. The average Bonchev–Trinajstić information content (AvgIpc) is 2.11. The van der Waals surface area contributed by atoms with E-state index in [4.69, 9.17) is 0 Å². The molecule has 1 nitrogen and oxygen atoms in total. The summed E-state index contributed by atoms with van der Waals surface area (Å²) in [7, 11) is 0. The van der Waals surface area contributed by atoms with E-state index in [9.17, 15) is 13.9 Å². The third-order valence-electron chi connectivity index (χ3n) is 4.11. The Morgan fingerprint density at radius 1 is 1.13 bits per heavy atom. The molecule has 1 atom stereocenters. The van der Waals surface area contributed by atoms with Gasteiger partial charge in [-0.3, -0.25) is 0 Å². The third kappa shape index (κ3) is 2.90. The van der Waals surface area contributed by atoms with E-state index < -0.39 is 5.92 Å². The van der Waals surface area contributed by atoms with Crippen molar-refractivity contribution in [3.8, 4) is 0 Å². The fourth-order valence-corrected chi connectivity index (χ4v) is 2.71. The molecule has 0 bridgehead atoms. The summed E-state index contributed by atoms with van der Waals surface area (Å²) >= 11 is 0. The lowest BCUT2D eigenvalue weighted by atomic mass is 9.75. The fraction of sp³-hybridized carbons (Fsp3) is 1.00. The minimum atomic E-state index is -2.47. The van der Waals surface area contributed by atoms with Gasteiger partial charge in [0.2, 0.25) is 5.92 Å². The molecule has 0 heterocycles. The van der Waals surface area contributed by atoms with Crippen molar-refractivity contribution in [3.05, 3.63) is 0 Å². The quantitative estimate of drug-likeness (QED) is 0.770. The lowest BCUT2D eigenvalue weighted by Gasteiger charge is -2.34. The maximum absolute atomic E-state index is 12.9. The number of aliphatic hydroxyl groups excluding tert-OH is 1. The van der Waals surface area contributed by atoms with Crippen LogP contribution in [0.4, 0.5) is 8.78 Å². The highest BCUT2D eigenvalue weighted by Crippen LogP contribution is 2.40. The van der Waals surface area contributed by atoms with E-state index >= 15 is 0 Å². The van der Waals surface area contributed by atoms with Crippen LogP contribution in [0.25, 0.3) is 0 Å². The highest BCUT2D eigenvalue weighted by molar-refractivity contribution is 4.83. The molecule has 0 aliphatic heterocycles. The monoisotopic (exact) mass is 218 g/mol. The van der Waals surface area contributed by atoms with Gasteiger partial charge < -0.3 is 5.11 Å². The molecular weight excluding hydrogens is 198 g/mol. The van der Waals surface area contributed by atoms with Crippen molar-refractivity contribution >= 4 is 0 Å². The normalized spacial score (nSPS) is 29.8. The van der Waals surface area contributed by atoms with Crippen molar-refractivity contribution in [1.82, 2.24) is 0 Å². The molecular formula is C12H20F2O. The van der Waals surface area contributed by atoms with Gasteiger partial charge >= 0.3 is 0 Å². The van der Waals surface area contributed by atoms with E-state index in [-0.39, 0.29) is 24.9 Å². The molecule has 0 amide bonds. The first kappa shape index (κ1) is 11.3. The zero-order valence-corrected chi connectivity index (χ0v) is 9.09. The van der Waals surface area contributed by atoms with Crippen molar-refractivity contribution in [1.29, 1.82) is 0 Å². The van der Waals surface area contributed by atoms with Gasteiger partial charge in [0, 0.05) is 12.8 Å². The number of halogens is 2. The van der Waals surface area contributed by atoms with Crippen LogP contribution < -0.4 is 0 Å². The van der Waals surface area contributed by atoms with Crippen LogP contribution in [0.5, 0.6) is 0 Å². The zero-order chi connectivity index (χ0) is 10.9. The molecule has 0 aromatic heterocycles. The van der Waals surface area contributed by atoms with Crippen LogP contribution in [0.1, 0.15) is 51.4 Å². The fourth-order valence-electron chi connectivity index (χ4n) is 2.71. The molecule has 0 radical (unpaired) electrons. The summed E-state index contributed by atoms with van der Waals surface area (Å²) in [6.07, 6.45) is 5.18. The number of hydrogen-bond donors (Lipinski definition) is 1. The Labute approximate surface area is 89.9 Å². The van der Waals surface area contributed by atoms with Gasteiger partial charge in [-0.15, -0.1) is 0 Å². The van der Waals surface area contributed by atoms with E-state index in [2.05, 4.69) is 0 Å². The zero-order valence-electron chi connectivity index (χ0n) is 9.09. The maximum atomic E-state index is 12.9. The molecule has 2 aliphatic rings. The molecule has 15 heavy (non-hydrogen) atoms. The van der Waals surface area contributed by atoms with Gasteiger partial charge in [-0.25, -0.2) is 8.78 Å². The van der Waals surface area contributed by atoms with Crippen LogP contribution in [0.3, 0.4) is 0 Å². The van der Waals surface area contributed by atoms with Gasteiger partial charge in [0.15, 0.2) is 0 Å². The van der Waals surface area contributed by atoms with Crippen molar-refractivity contribution < 1.29 is 13.9 Å². The molecule has 1 unspecified atom stereocenters. The van der Waals surface area contributed by atoms with E-state index in [1.807, 2.05) is 0 Å². The van der Waals surface area contributed by atoms with Gasteiger partial charge in [0.05, 0.1) is 6.10 Å². The molecule has 2 saturated carbocycles. The van der Waals surface area contributed by atoms with Gasteiger partial charge in [-0.05, 0) is 31.1 Å². The highest BCUT2D eigenvalue weighted by atomic mass is 19.3. The average molecular weight is 218 g/mol. The van der Waals surface area contributed by atoms with Gasteiger partial charge in [0.1, 0.15) is 0 Å². The molecule has 88 valence electrons. The Hall–Kier alpha value is -0.180. The number of hydrogen-bond acceptors (Lipinski definition) is 1. The predicted octanol–water partition coefficient (Wildman–Crippen LogP) is 3.36. The van der Waals surface area contributed by atoms with Crippen LogP contribution in [0.2, 0.25) is 0 Å². The lowest BCUT2D eigenvalue weighted by molar-refractivity contribution is -0.0659. The van der Waals surface area contributed by atoms with Gasteiger partial charge in [-0.2, -0.15) is 0 Å². The Kier molecular flexibility index (Phi) is 3.29. The van der Waals surface area contributed by atoms with Crippen LogP contribution in [0, 0.1) is 11.8 Å². The molecule has 0 aromatic carbocycles. The van der Waals surface area contributed by atoms with Crippen LogP contribution in [0.15, 0.2) is 0 Å². The minimum Gasteiger partial charge on any atom is -0.393 e. The standard InChI is InChI=1S/C12H20F2O/c13-12(14)6-4-10(5-7-12)11(15)8-9-2-1-3-9/h9-11,15H,1-8H2. The first-order valence-corrected chi connectivity index (χ1v) is 6.13. The molecule has 2 aliphatic carbocycles. The Morgan fingerprint density at radius 2 is 1.73 bits per heavy atom. The summed E-state index contributed by atoms with van der Waals surface area (Å²) in [4.78, 5) is 0. The van der Waals surface area contributed by atoms with Crippen molar-refractivity contribution in [2.45, 2.75) is 63.4 Å². The summed E-state index contributed by atoms with van der Waals surface area (Å²) in [5, 5.41) is 9.93. The largest absolute Gasteiger partial charge is 0.393 e. The van der Waals surface area contributed by atoms with E-state index in [1.54, 1.807) is 0 Å². The van der Waals surface area contributed by atoms with Crippen LogP contribution in [-0.2, 0) is 0 Å². The molecule has 3 heteroatoms. The summed E-state index contributed by atoms with van der Waals surface area (Å²) in [6, 6.07) is 0. The molecule has 0 saturated heterocycles. The minimum absolute atomic E-state index is 0.0284.